The van der Waals surface area contributed by atoms with E-state index in [9.17, 15) is 18.0 Å². The smallest absolute Gasteiger partial charge is 0.256 e. The minimum atomic E-state index is -3.52. The molecule has 1 aliphatic heterocycles. The highest BCUT2D eigenvalue weighted by Crippen LogP contribution is 2.30. The van der Waals surface area contributed by atoms with Crippen LogP contribution in [0, 0.1) is 20.8 Å². The van der Waals surface area contributed by atoms with Gasteiger partial charge in [0.25, 0.3) is 5.91 Å². The molecule has 0 unspecified atom stereocenters. The fourth-order valence-corrected chi connectivity index (χ4v) is 6.25. The number of hydrogen-bond donors (Lipinski definition) is 1. The molecule has 0 aliphatic carbocycles. The molecule has 1 atom stereocenters. The van der Waals surface area contributed by atoms with Gasteiger partial charge in [-0.25, -0.2) is 17.4 Å². The Hall–Kier alpha value is -3.83. The lowest BCUT2D eigenvalue weighted by Crippen LogP contribution is -2.56. The maximum absolute atomic E-state index is 13.1. The summed E-state index contributed by atoms with van der Waals surface area (Å²) in [5, 5.41) is 5.18. The van der Waals surface area contributed by atoms with Crippen molar-refractivity contribution in [2.75, 3.05) is 18.1 Å². The van der Waals surface area contributed by atoms with Gasteiger partial charge in [-0.1, -0.05) is 18.2 Å². The summed E-state index contributed by atoms with van der Waals surface area (Å²) in [5.74, 6) is -0.684. The first-order valence-corrected chi connectivity index (χ1v) is 14.8. The van der Waals surface area contributed by atoms with Crippen molar-refractivity contribution in [2.45, 2.75) is 33.2 Å². The van der Waals surface area contributed by atoms with Gasteiger partial charge in [0.2, 0.25) is 15.9 Å². The molecule has 4 heterocycles. The van der Waals surface area contributed by atoms with E-state index in [2.05, 4.69) is 21.4 Å². The van der Waals surface area contributed by atoms with Crippen LogP contribution < -0.4 is 5.32 Å². The summed E-state index contributed by atoms with van der Waals surface area (Å²) in [5.41, 5.74) is 6.31. The van der Waals surface area contributed by atoms with Gasteiger partial charge >= 0.3 is 0 Å². The van der Waals surface area contributed by atoms with E-state index >= 15 is 0 Å². The predicted molar refractivity (Wildman–Crippen MR) is 148 cm³/mol. The summed E-state index contributed by atoms with van der Waals surface area (Å²) < 4.78 is 24.9. The van der Waals surface area contributed by atoms with Crippen molar-refractivity contribution in [3.63, 3.8) is 0 Å². The monoisotopic (exact) mass is 549 g/mol. The van der Waals surface area contributed by atoms with Gasteiger partial charge in [0.05, 0.1) is 17.5 Å². The van der Waals surface area contributed by atoms with Gasteiger partial charge in [0.1, 0.15) is 6.04 Å². The third-order valence-electron chi connectivity index (χ3n) is 6.58. The third kappa shape index (κ3) is 4.99. The van der Waals surface area contributed by atoms with Gasteiger partial charge in [0.15, 0.2) is 5.13 Å². The lowest BCUT2D eigenvalue weighted by molar-refractivity contribution is -0.123. The van der Waals surface area contributed by atoms with Crippen LogP contribution in [0.1, 0.15) is 33.9 Å². The van der Waals surface area contributed by atoms with Crippen molar-refractivity contribution in [3.8, 4) is 22.4 Å². The number of rotatable bonds is 6. The van der Waals surface area contributed by atoms with Crippen molar-refractivity contribution in [1.82, 2.24) is 18.8 Å². The largest absolute Gasteiger partial charge is 0.326 e. The van der Waals surface area contributed by atoms with Gasteiger partial charge in [0, 0.05) is 40.8 Å². The number of nitrogens with one attached hydrogen (secondary N) is 1. The van der Waals surface area contributed by atoms with Crippen molar-refractivity contribution >= 4 is 38.3 Å². The standard InChI is InChI=1S/C27H27N5O4S2/c1-16-12-21(13-17(2)28-16)19-6-5-7-20(14-19)23-15-37-27(29-23)30-25(33)24-9-10-31(24)26(34)22-8-11-32(18(22)3)38(4,35)36/h5-8,11-15,24H,9-10H2,1-4H3,(H,29,30,33)/t24-/m0/s1. The molecule has 0 bridgehead atoms. The molecule has 1 aromatic carbocycles. The van der Waals surface area contributed by atoms with Crippen LogP contribution in [0.15, 0.2) is 54.0 Å². The summed E-state index contributed by atoms with van der Waals surface area (Å²) in [6.45, 7) is 5.94. The molecule has 0 saturated carbocycles. The highest BCUT2D eigenvalue weighted by molar-refractivity contribution is 7.89. The first-order chi connectivity index (χ1) is 18.0. The average molecular weight is 550 g/mol. The Kier molecular flexibility index (Phi) is 6.66. The van der Waals surface area contributed by atoms with Gasteiger partial charge in [-0.15, -0.1) is 11.3 Å². The van der Waals surface area contributed by atoms with Crippen LogP contribution in [0.25, 0.3) is 22.4 Å². The zero-order valence-electron chi connectivity index (χ0n) is 21.4. The Morgan fingerprint density at radius 3 is 2.34 bits per heavy atom. The first kappa shape index (κ1) is 25.8. The Bertz CT molecular complexity index is 1650. The van der Waals surface area contributed by atoms with E-state index in [4.69, 9.17) is 0 Å². The van der Waals surface area contributed by atoms with E-state index in [1.54, 1.807) is 6.92 Å². The number of aromatic nitrogens is 3. The Morgan fingerprint density at radius 2 is 1.71 bits per heavy atom. The molecule has 3 aromatic heterocycles. The minimum absolute atomic E-state index is 0.268. The van der Waals surface area contributed by atoms with Crippen LogP contribution in [-0.4, -0.2) is 57.9 Å². The number of amides is 2. The second kappa shape index (κ2) is 9.80. The molecule has 1 fully saturated rings. The lowest BCUT2D eigenvalue weighted by atomic mass is 10.0. The zero-order valence-corrected chi connectivity index (χ0v) is 23.1. The summed E-state index contributed by atoms with van der Waals surface area (Å²) in [4.78, 5) is 36.6. The molecule has 2 amide bonds. The van der Waals surface area contributed by atoms with E-state index in [1.807, 2.05) is 49.6 Å². The van der Waals surface area contributed by atoms with Gasteiger partial charge in [-0.3, -0.25) is 14.6 Å². The molecule has 1 aliphatic rings. The quantitative estimate of drug-likeness (QED) is 0.384. The van der Waals surface area contributed by atoms with E-state index in [1.165, 1.54) is 28.5 Å². The number of thiazole rings is 1. The summed E-state index contributed by atoms with van der Waals surface area (Å²) in [6, 6.07) is 13.0. The number of carbonyl (C=O) groups is 2. The van der Waals surface area contributed by atoms with E-state index < -0.39 is 16.1 Å². The Balaban J connectivity index is 1.29. The van der Waals surface area contributed by atoms with Crippen LogP contribution >= 0.6 is 11.3 Å². The first-order valence-electron chi connectivity index (χ1n) is 12.0. The molecule has 11 heteroatoms. The highest BCUT2D eigenvalue weighted by Gasteiger charge is 2.39. The normalized spacial score (nSPS) is 15.3. The number of hydrogen-bond acceptors (Lipinski definition) is 7. The number of likely N-dealkylation sites (tertiary alicyclic amines) is 1. The maximum Gasteiger partial charge on any atom is 0.256 e. The number of carbonyl (C=O) groups excluding carboxylic acids is 2. The molecule has 0 radical (unpaired) electrons. The number of pyridine rings is 1. The van der Waals surface area contributed by atoms with Crippen molar-refractivity contribution in [3.05, 3.63) is 76.7 Å². The molecule has 5 rings (SSSR count). The lowest BCUT2D eigenvalue weighted by Gasteiger charge is -2.39. The van der Waals surface area contributed by atoms with Crippen molar-refractivity contribution < 1.29 is 18.0 Å². The highest BCUT2D eigenvalue weighted by atomic mass is 32.2. The second-order valence-electron chi connectivity index (χ2n) is 9.42. The topological polar surface area (TPSA) is 114 Å². The molecule has 9 nitrogen and oxygen atoms in total. The van der Waals surface area contributed by atoms with Crippen molar-refractivity contribution in [2.24, 2.45) is 0 Å². The fourth-order valence-electron chi connectivity index (χ4n) is 4.65. The minimum Gasteiger partial charge on any atom is -0.326 e. The molecule has 196 valence electrons. The van der Waals surface area contributed by atoms with Crippen molar-refractivity contribution in [1.29, 1.82) is 0 Å². The molecule has 0 spiro atoms. The number of benzene rings is 1. The SMILES string of the molecule is Cc1cc(-c2cccc(-c3csc(NC(=O)[C@@H]4CCN4C(=O)c4ccn(S(C)(=O)=O)c4C)n3)c2)cc(C)n1. The van der Waals surface area contributed by atoms with Gasteiger partial charge < -0.3 is 10.2 Å². The van der Waals surface area contributed by atoms with Crippen LogP contribution in [0.5, 0.6) is 0 Å². The number of nitrogens with zero attached hydrogens (tertiary/aromatic N) is 4. The Labute approximate surface area is 225 Å². The van der Waals surface area contributed by atoms with Gasteiger partial charge in [-0.2, -0.15) is 0 Å². The third-order valence-corrected chi connectivity index (χ3v) is 8.44. The second-order valence-corrected chi connectivity index (χ2v) is 12.1. The number of anilines is 1. The van der Waals surface area contributed by atoms with Crippen LogP contribution in [-0.2, 0) is 14.8 Å². The molecule has 1 saturated heterocycles. The van der Waals surface area contributed by atoms with Gasteiger partial charge in [-0.05, 0) is 62.6 Å². The summed E-state index contributed by atoms with van der Waals surface area (Å²) >= 11 is 1.32. The summed E-state index contributed by atoms with van der Waals surface area (Å²) in [6.07, 6.45) is 2.96. The van der Waals surface area contributed by atoms with Crippen LogP contribution in [0.4, 0.5) is 5.13 Å². The number of aryl methyl sites for hydroxylation is 2. The maximum atomic E-state index is 13.1. The zero-order chi connectivity index (χ0) is 27.2. The van der Waals surface area contributed by atoms with E-state index in [0.717, 1.165) is 44.0 Å². The van der Waals surface area contributed by atoms with E-state index in [0.29, 0.717) is 23.8 Å². The Morgan fingerprint density at radius 1 is 1.00 bits per heavy atom. The summed E-state index contributed by atoms with van der Waals surface area (Å²) in [7, 11) is -3.52. The fraction of sp³-hybridized carbons (Fsp3) is 0.259. The molecular weight excluding hydrogens is 522 g/mol. The van der Waals surface area contributed by atoms with Crippen LogP contribution in [0.2, 0.25) is 0 Å². The average Bonchev–Trinajstić information content (AvgIpc) is 3.44. The molecule has 38 heavy (non-hydrogen) atoms. The predicted octanol–water partition coefficient (Wildman–Crippen LogP) is 4.26. The van der Waals surface area contributed by atoms with E-state index in [-0.39, 0.29) is 17.4 Å². The van der Waals surface area contributed by atoms with Crippen LogP contribution in [0.3, 0.4) is 0 Å². The molecule has 1 N–H and O–H groups in total. The molecular formula is C27H27N5O4S2. The molecule has 4 aromatic rings.